The molecule has 0 aliphatic carbocycles. The smallest absolute Gasteiger partial charge is 0.253 e. The zero-order valence-corrected chi connectivity index (χ0v) is 11.7. The third-order valence-electron chi connectivity index (χ3n) is 3.18. The molecule has 0 atom stereocenters. The maximum atomic E-state index is 12.1. The summed E-state index contributed by atoms with van der Waals surface area (Å²) in [5, 5.41) is 1.73. The molecule has 1 saturated heterocycles. The van der Waals surface area contributed by atoms with Crippen molar-refractivity contribution in [3.63, 3.8) is 0 Å². The van der Waals surface area contributed by atoms with Crippen molar-refractivity contribution in [3.8, 4) is 0 Å². The number of hydrogen-bond donors (Lipinski definition) is 1. The summed E-state index contributed by atoms with van der Waals surface area (Å²) in [6.45, 7) is 2.94. The van der Waals surface area contributed by atoms with Gasteiger partial charge in [-0.15, -0.1) is 4.83 Å². The summed E-state index contributed by atoms with van der Waals surface area (Å²) in [5.74, 6) is -0.0760. The molecular formula is C13H18N2O3S. The van der Waals surface area contributed by atoms with Crippen molar-refractivity contribution < 1.29 is 13.2 Å². The van der Waals surface area contributed by atoms with E-state index >= 15 is 0 Å². The fourth-order valence-corrected chi connectivity index (χ4v) is 3.20. The van der Waals surface area contributed by atoms with Gasteiger partial charge in [0.2, 0.25) is 0 Å². The van der Waals surface area contributed by atoms with Gasteiger partial charge in [-0.3, -0.25) is 4.79 Å². The number of benzene rings is 1. The lowest BCUT2D eigenvalue weighted by Crippen LogP contribution is -2.44. The SMILES string of the molecule is CC(=O)c1ccc(S(=O)(=O)NN2CCCCC2)cc1. The molecule has 1 heterocycles. The number of sulfonamides is 1. The molecule has 19 heavy (non-hydrogen) atoms. The van der Waals surface area contributed by atoms with E-state index in [1.54, 1.807) is 5.01 Å². The number of carbonyl (C=O) groups is 1. The highest BCUT2D eigenvalue weighted by atomic mass is 32.2. The molecule has 2 rings (SSSR count). The van der Waals surface area contributed by atoms with E-state index in [0.717, 1.165) is 32.4 Å². The van der Waals surface area contributed by atoms with Crippen molar-refractivity contribution in [2.45, 2.75) is 31.1 Å². The van der Waals surface area contributed by atoms with Gasteiger partial charge in [0.25, 0.3) is 10.0 Å². The Balaban J connectivity index is 2.12. The first-order valence-electron chi connectivity index (χ1n) is 6.37. The molecule has 1 aromatic carbocycles. The average molecular weight is 282 g/mol. The Morgan fingerprint density at radius 2 is 1.68 bits per heavy atom. The van der Waals surface area contributed by atoms with Crippen molar-refractivity contribution in [1.82, 2.24) is 9.84 Å². The predicted octanol–water partition coefficient (Wildman–Crippen LogP) is 1.57. The third kappa shape index (κ3) is 3.62. The molecule has 1 aromatic rings. The second-order valence-corrected chi connectivity index (χ2v) is 6.38. The Labute approximate surface area is 113 Å². The molecule has 0 radical (unpaired) electrons. The summed E-state index contributed by atoms with van der Waals surface area (Å²) in [6, 6.07) is 5.99. The Kier molecular flexibility index (Phi) is 4.34. The highest BCUT2D eigenvalue weighted by Crippen LogP contribution is 2.13. The van der Waals surface area contributed by atoms with E-state index in [4.69, 9.17) is 0 Å². The molecule has 5 nitrogen and oxygen atoms in total. The third-order valence-corrected chi connectivity index (χ3v) is 4.57. The number of Topliss-reactive ketones (excluding diaryl/α,β-unsaturated/α-hetero) is 1. The molecule has 1 N–H and O–H groups in total. The molecule has 1 aliphatic rings. The van der Waals surface area contributed by atoms with E-state index < -0.39 is 10.0 Å². The van der Waals surface area contributed by atoms with Crippen molar-refractivity contribution in [3.05, 3.63) is 29.8 Å². The van der Waals surface area contributed by atoms with Crippen LogP contribution in [0.1, 0.15) is 36.5 Å². The van der Waals surface area contributed by atoms with Gasteiger partial charge in [0, 0.05) is 18.7 Å². The van der Waals surface area contributed by atoms with Crippen LogP contribution < -0.4 is 4.83 Å². The van der Waals surface area contributed by atoms with Gasteiger partial charge in [0.1, 0.15) is 0 Å². The van der Waals surface area contributed by atoms with Gasteiger partial charge in [-0.1, -0.05) is 18.6 Å². The first kappa shape index (κ1) is 14.2. The Hall–Kier alpha value is -1.24. The van der Waals surface area contributed by atoms with Crippen LogP contribution in [-0.2, 0) is 10.0 Å². The fraction of sp³-hybridized carbons (Fsp3) is 0.462. The largest absolute Gasteiger partial charge is 0.295 e. The summed E-state index contributed by atoms with van der Waals surface area (Å²) in [7, 11) is -3.54. The van der Waals surface area contributed by atoms with Gasteiger partial charge < -0.3 is 0 Å². The minimum absolute atomic E-state index is 0.0760. The Morgan fingerprint density at radius 3 is 2.21 bits per heavy atom. The van der Waals surface area contributed by atoms with Gasteiger partial charge in [-0.25, -0.2) is 13.4 Å². The van der Waals surface area contributed by atoms with Gasteiger partial charge in [-0.2, -0.15) is 0 Å². The number of hydrazine groups is 1. The van der Waals surface area contributed by atoms with E-state index in [-0.39, 0.29) is 10.7 Å². The van der Waals surface area contributed by atoms with E-state index in [1.807, 2.05) is 0 Å². The molecule has 0 aromatic heterocycles. The number of piperidine rings is 1. The van der Waals surface area contributed by atoms with Crippen LogP contribution in [-0.4, -0.2) is 32.3 Å². The maximum Gasteiger partial charge on any atom is 0.253 e. The number of nitrogens with one attached hydrogen (secondary N) is 1. The standard InChI is InChI=1S/C13H18N2O3S/c1-11(16)12-5-7-13(8-6-12)19(17,18)14-15-9-3-2-4-10-15/h5-8,14H,2-4,9-10H2,1H3. The topological polar surface area (TPSA) is 66.5 Å². The zero-order valence-electron chi connectivity index (χ0n) is 10.9. The van der Waals surface area contributed by atoms with E-state index in [2.05, 4.69) is 4.83 Å². The predicted molar refractivity (Wildman–Crippen MR) is 72.2 cm³/mol. The van der Waals surface area contributed by atoms with Crippen LogP contribution in [0.5, 0.6) is 0 Å². The highest BCUT2D eigenvalue weighted by molar-refractivity contribution is 7.89. The lowest BCUT2D eigenvalue weighted by atomic mass is 10.2. The van der Waals surface area contributed by atoms with Crippen LogP contribution in [0.25, 0.3) is 0 Å². The van der Waals surface area contributed by atoms with Crippen LogP contribution in [0.2, 0.25) is 0 Å². The van der Waals surface area contributed by atoms with Crippen LogP contribution >= 0.6 is 0 Å². The molecular weight excluding hydrogens is 264 g/mol. The lowest BCUT2D eigenvalue weighted by molar-refractivity contribution is 0.101. The molecule has 1 aliphatic heterocycles. The summed E-state index contributed by atoms with van der Waals surface area (Å²) in [6.07, 6.45) is 3.16. The van der Waals surface area contributed by atoms with Crippen LogP contribution in [0.3, 0.4) is 0 Å². The molecule has 6 heteroatoms. The molecule has 1 fully saturated rings. The van der Waals surface area contributed by atoms with Crippen molar-refractivity contribution in [2.75, 3.05) is 13.1 Å². The normalized spacial score (nSPS) is 17.3. The van der Waals surface area contributed by atoms with Crippen LogP contribution in [0.4, 0.5) is 0 Å². The second kappa shape index (κ2) is 5.81. The Morgan fingerprint density at radius 1 is 1.11 bits per heavy atom. The average Bonchev–Trinajstić information content (AvgIpc) is 2.39. The summed E-state index contributed by atoms with van der Waals surface area (Å²) in [5.41, 5.74) is 0.511. The van der Waals surface area contributed by atoms with Gasteiger partial charge in [-0.05, 0) is 31.9 Å². The van der Waals surface area contributed by atoms with Crippen molar-refractivity contribution >= 4 is 15.8 Å². The summed E-state index contributed by atoms with van der Waals surface area (Å²) in [4.78, 5) is 13.9. The molecule has 104 valence electrons. The molecule has 0 saturated carbocycles. The van der Waals surface area contributed by atoms with E-state index in [9.17, 15) is 13.2 Å². The first-order chi connectivity index (χ1) is 8.99. The minimum atomic E-state index is -3.54. The molecule has 0 amide bonds. The van der Waals surface area contributed by atoms with Crippen LogP contribution in [0, 0.1) is 0 Å². The monoisotopic (exact) mass is 282 g/mol. The number of carbonyl (C=O) groups excluding carboxylic acids is 1. The molecule has 0 bridgehead atoms. The number of ketones is 1. The molecule has 0 unspecified atom stereocenters. The van der Waals surface area contributed by atoms with Gasteiger partial charge in [0.05, 0.1) is 4.90 Å². The highest BCUT2D eigenvalue weighted by Gasteiger charge is 2.19. The van der Waals surface area contributed by atoms with Crippen molar-refractivity contribution in [1.29, 1.82) is 0 Å². The van der Waals surface area contributed by atoms with E-state index in [1.165, 1.54) is 31.2 Å². The Bertz CT molecular complexity index is 546. The second-order valence-electron chi connectivity index (χ2n) is 4.72. The first-order valence-corrected chi connectivity index (χ1v) is 7.86. The summed E-state index contributed by atoms with van der Waals surface area (Å²) < 4.78 is 24.3. The zero-order chi connectivity index (χ0) is 13.9. The fourth-order valence-electron chi connectivity index (χ4n) is 2.08. The number of hydrogen-bond acceptors (Lipinski definition) is 4. The number of rotatable bonds is 4. The number of nitrogens with zero attached hydrogens (tertiary/aromatic N) is 1. The quantitative estimate of drug-likeness (QED) is 0.851. The maximum absolute atomic E-state index is 12.1. The van der Waals surface area contributed by atoms with Crippen molar-refractivity contribution in [2.24, 2.45) is 0 Å². The minimum Gasteiger partial charge on any atom is -0.295 e. The van der Waals surface area contributed by atoms with Gasteiger partial charge in [0.15, 0.2) is 5.78 Å². The molecule has 0 spiro atoms. The van der Waals surface area contributed by atoms with E-state index in [0.29, 0.717) is 5.56 Å². The lowest BCUT2D eigenvalue weighted by Gasteiger charge is -2.26. The van der Waals surface area contributed by atoms with Gasteiger partial charge >= 0.3 is 0 Å². The summed E-state index contributed by atoms with van der Waals surface area (Å²) >= 11 is 0. The van der Waals surface area contributed by atoms with Crippen LogP contribution in [0.15, 0.2) is 29.2 Å².